The van der Waals surface area contributed by atoms with Crippen LogP contribution in [-0.4, -0.2) is 16.1 Å². The van der Waals surface area contributed by atoms with Crippen LogP contribution in [0.4, 0.5) is 0 Å². The fourth-order valence-corrected chi connectivity index (χ4v) is 1.44. The van der Waals surface area contributed by atoms with Crippen molar-refractivity contribution in [3.05, 3.63) is 46.7 Å². The molecule has 3 nitrogen and oxygen atoms in total. The van der Waals surface area contributed by atoms with E-state index in [1.807, 2.05) is 12.1 Å². The van der Waals surface area contributed by atoms with Gasteiger partial charge in [-0.25, -0.2) is 4.68 Å². The van der Waals surface area contributed by atoms with Gasteiger partial charge < -0.3 is 0 Å². The first-order chi connectivity index (χ1) is 7.20. The van der Waals surface area contributed by atoms with Gasteiger partial charge in [-0.05, 0) is 31.2 Å². The van der Waals surface area contributed by atoms with Gasteiger partial charge in [-0.2, -0.15) is 5.10 Å². The Morgan fingerprint density at radius 3 is 2.53 bits per heavy atom. The van der Waals surface area contributed by atoms with E-state index in [9.17, 15) is 4.79 Å². The van der Waals surface area contributed by atoms with Crippen LogP contribution in [0.1, 0.15) is 16.1 Å². The van der Waals surface area contributed by atoms with E-state index < -0.39 is 0 Å². The zero-order chi connectivity index (χ0) is 10.8. The van der Waals surface area contributed by atoms with Gasteiger partial charge in [-0.1, -0.05) is 11.6 Å². The van der Waals surface area contributed by atoms with Crippen molar-refractivity contribution in [2.45, 2.75) is 6.92 Å². The van der Waals surface area contributed by atoms with Gasteiger partial charge in [-0.3, -0.25) is 4.79 Å². The first-order valence-corrected chi connectivity index (χ1v) is 4.86. The molecule has 2 rings (SSSR count). The van der Waals surface area contributed by atoms with Crippen LogP contribution in [0.2, 0.25) is 5.02 Å². The zero-order valence-electron chi connectivity index (χ0n) is 8.14. The summed E-state index contributed by atoms with van der Waals surface area (Å²) >= 11 is 5.78. The van der Waals surface area contributed by atoms with Gasteiger partial charge >= 0.3 is 0 Å². The largest absolute Gasteiger partial charge is 0.298 e. The lowest BCUT2D eigenvalue weighted by atomic mass is 10.3. The van der Waals surface area contributed by atoms with Crippen molar-refractivity contribution < 1.29 is 4.79 Å². The van der Waals surface area contributed by atoms with E-state index in [0.29, 0.717) is 10.6 Å². The lowest BCUT2D eigenvalue weighted by molar-refractivity contribution is 0.112. The summed E-state index contributed by atoms with van der Waals surface area (Å²) < 4.78 is 1.66. The number of carbonyl (C=O) groups excluding carboxylic acids is 1. The van der Waals surface area contributed by atoms with E-state index in [2.05, 4.69) is 5.10 Å². The summed E-state index contributed by atoms with van der Waals surface area (Å²) in [4.78, 5) is 10.7. The van der Waals surface area contributed by atoms with Crippen LogP contribution in [0.25, 0.3) is 5.69 Å². The molecule has 4 heteroatoms. The summed E-state index contributed by atoms with van der Waals surface area (Å²) in [7, 11) is 0. The number of rotatable bonds is 2. The number of hydrogen-bond donors (Lipinski definition) is 0. The van der Waals surface area contributed by atoms with E-state index in [4.69, 9.17) is 11.6 Å². The predicted molar refractivity (Wildman–Crippen MR) is 58.7 cm³/mol. The smallest absolute Gasteiger partial charge is 0.153 e. The minimum Gasteiger partial charge on any atom is -0.298 e. The Morgan fingerprint density at radius 2 is 2.00 bits per heavy atom. The van der Waals surface area contributed by atoms with Crippen molar-refractivity contribution in [1.29, 1.82) is 0 Å². The van der Waals surface area contributed by atoms with Gasteiger partial charge in [0.25, 0.3) is 0 Å². The number of aromatic nitrogens is 2. The van der Waals surface area contributed by atoms with Crippen LogP contribution in [0.5, 0.6) is 0 Å². The molecule has 0 saturated carbocycles. The summed E-state index contributed by atoms with van der Waals surface area (Å²) in [6.45, 7) is 1.80. The van der Waals surface area contributed by atoms with Gasteiger partial charge in [0.1, 0.15) is 0 Å². The summed E-state index contributed by atoms with van der Waals surface area (Å²) in [6.07, 6.45) is 2.50. The molecular formula is C11H9ClN2O. The van der Waals surface area contributed by atoms with Crippen LogP contribution < -0.4 is 0 Å². The molecule has 0 aliphatic rings. The number of nitrogens with zero attached hydrogens (tertiary/aromatic N) is 2. The monoisotopic (exact) mass is 220 g/mol. The molecule has 0 N–H and O–H groups in total. The zero-order valence-corrected chi connectivity index (χ0v) is 8.90. The van der Waals surface area contributed by atoms with E-state index in [1.54, 1.807) is 29.9 Å². The number of benzene rings is 1. The number of aldehydes is 1. The van der Waals surface area contributed by atoms with Crippen LogP contribution in [-0.2, 0) is 0 Å². The van der Waals surface area contributed by atoms with Gasteiger partial charge in [0.05, 0.1) is 16.9 Å². The Bertz CT molecular complexity index is 488. The topological polar surface area (TPSA) is 34.9 Å². The Labute approximate surface area is 92.3 Å². The molecule has 2 aromatic rings. The molecule has 0 radical (unpaired) electrons. The third-order valence-electron chi connectivity index (χ3n) is 2.16. The van der Waals surface area contributed by atoms with Crippen LogP contribution in [0.15, 0.2) is 30.5 Å². The summed E-state index contributed by atoms with van der Waals surface area (Å²) in [5.74, 6) is 0. The number of carbonyl (C=O) groups is 1. The fraction of sp³-hybridized carbons (Fsp3) is 0.0909. The molecule has 0 spiro atoms. The SMILES string of the molecule is Cc1nn(-c2ccc(Cl)cc2)cc1C=O. The fourth-order valence-electron chi connectivity index (χ4n) is 1.32. The summed E-state index contributed by atoms with van der Waals surface area (Å²) in [6, 6.07) is 7.27. The summed E-state index contributed by atoms with van der Waals surface area (Å²) in [5, 5.41) is 4.90. The highest BCUT2D eigenvalue weighted by Gasteiger charge is 2.04. The molecule has 1 aromatic heterocycles. The van der Waals surface area contributed by atoms with E-state index in [-0.39, 0.29) is 0 Å². The lowest BCUT2D eigenvalue weighted by Gasteiger charge is -1.99. The number of aryl methyl sites for hydroxylation is 1. The van der Waals surface area contributed by atoms with Gasteiger partial charge in [0.2, 0.25) is 0 Å². The summed E-state index contributed by atoms with van der Waals surface area (Å²) in [5.41, 5.74) is 2.21. The standard InChI is InChI=1S/C11H9ClN2O/c1-8-9(7-15)6-14(13-8)11-4-2-10(12)3-5-11/h2-7H,1H3. The number of hydrogen-bond acceptors (Lipinski definition) is 2. The van der Waals surface area contributed by atoms with E-state index in [0.717, 1.165) is 17.7 Å². The van der Waals surface area contributed by atoms with Crippen molar-refractivity contribution in [3.63, 3.8) is 0 Å². The van der Waals surface area contributed by atoms with Crippen molar-refractivity contribution in [2.24, 2.45) is 0 Å². The van der Waals surface area contributed by atoms with E-state index >= 15 is 0 Å². The second-order valence-corrected chi connectivity index (χ2v) is 3.65. The number of halogens is 1. The van der Waals surface area contributed by atoms with Crippen molar-refractivity contribution in [3.8, 4) is 5.69 Å². The van der Waals surface area contributed by atoms with Gasteiger partial charge in [-0.15, -0.1) is 0 Å². The molecule has 0 fully saturated rings. The maximum Gasteiger partial charge on any atom is 0.153 e. The molecule has 0 atom stereocenters. The second kappa shape index (κ2) is 3.87. The third-order valence-corrected chi connectivity index (χ3v) is 2.41. The minimum absolute atomic E-state index is 0.602. The normalized spacial score (nSPS) is 10.3. The molecule has 0 saturated heterocycles. The first kappa shape index (κ1) is 9.93. The highest BCUT2D eigenvalue weighted by atomic mass is 35.5. The average Bonchev–Trinajstić information content (AvgIpc) is 2.61. The Morgan fingerprint density at radius 1 is 1.33 bits per heavy atom. The Kier molecular flexibility index (Phi) is 2.56. The quantitative estimate of drug-likeness (QED) is 0.730. The van der Waals surface area contributed by atoms with E-state index in [1.165, 1.54) is 0 Å². The van der Waals surface area contributed by atoms with Gasteiger partial charge in [0, 0.05) is 11.2 Å². The van der Waals surface area contributed by atoms with Crippen molar-refractivity contribution in [2.75, 3.05) is 0 Å². The average molecular weight is 221 g/mol. The van der Waals surface area contributed by atoms with Gasteiger partial charge in [0.15, 0.2) is 6.29 Å². The lowest BCUT2D eigenvalue weighted by Crippen LogP contribution is -1.93. The molecule has 76 valence electrons. The highest BCUT2D eigenvalue weighted by molar-refractivity contribution is 6.30. The maximum atomic E-state index is 10.7. The third kappa shape index (κ3) is 1.92. The molecule has 0 aliphatic heterocycles. The molecule has 15 heavy (non-hydrogen) atoms. The Balaban J connectivity index is 2.45. The molecule has 0 unspecified atom stereocenters. The second-order valence-electron chi connectivity index (χ2n) is 3.21. The molecule has 0 aliphatic carbocycles. The predicted octanol–water partition coefficient (Wildman–Crippen LogP) is 2.65. The maximum absolute atomic E-state index is 10.7. The van der Waals surface area contributed by atoms with Crippen molar-refractivity contribution >= 4 is 17.9 Å². The molecular weight excluding hydrogens is 212 g/mol. The van der Waals surface area contributed by atoms with Crippen molar-refractivity contribution in [1.82, 2.24) is 9.78 Å². The molecule has 1 heterocycles. The molecule has 0 bridgehead atoms. The Hall–Kier alpha value is -1.61. The van der Waals surface area contributed by atoms with Crippen LogP contribution >= 0.6 is 11.6 Å². The molecule has 1 aromatic carbocycles. The van der Waals surface area contributed by atoms with Crippen LogP contribution in [0.3, 0.4) is 0 Å². The van der Waals surface area contributed by atoms with Crippen LogP contribution in [0, 0.1) is 6.92 Å². The highest BCUT2D eigenvalue weighted by Crippen LogP contribution is 2.14. The molecule has 0 amide bonds. The first-order valence-electron chi connectivity index (χ1n) is 4.48. The minimum atomic E-state index is 0.602.